The van der Waals surface area contributed by atoms with E-state index >= 15 is 0 Å². The van der Waals surface area contributed by atoms with Crippen molar-refractivity contribution in [2.75, 3.05) is 12.4 Å². The Morgan fingerprint density at radius 1 is 1.21 bits per heavy atom. The van der Waals surface area contributed by atoms with E-state index in [1.54, 1.807) is 34.9 Å². The summed E-state index contributed by atoms with van der Waals surface area (Å²) in [5.41, 5.74) is 0.974. The first kappa shape index (κ1) is 20.4. The van der Waals surface area contributed by atoms with Gasteiger partial charge in [0.15, 0.2) is 10.9 Å². The standard InChI is InChI=1S/C21H18Cl2N2O3S/c22-16-8-7-13(10-17(16)23)19(26)12-29-21-24-18-6-2-1-5-15(18)20(27)25(21)11-14-4-3-9-28-14/h1-2,5-8,10,14H,3-4,9,11-12H2. The Balaban J connectivity index is 1.63. The van der Waals surface area contributed by atoms with Crippen molar-refractivity contribution in [3.8, 4) is 0 Å². The molecule has 1 unspecified atom stereocenters. The zero-order chi connectivity index (χ0) is 20.4. The van der Waals surface area contributed by atoms with Gasteiger partial charge in [-0.25, -0.2) is 4.98 Å². The second-order valence-electron chi connectivity index (χ2n) is 6.80. The predicted octanol–water partition coefficient (Wildman–Crippen LogP) is 4.86. The number of carbonyl (C=O) groups is 1. The van der Waals surface area contributed by atoms with Crippen LogP contribution in [0.3, 0.4) is 0 Å². The monoisotopic (exact) mass is 448 g/mol. The molecule has 29 heavy (non-hydrogen) atoms. The van der Waals surface area contributed by atoms with Crippen LogP contribution in [0.15, 0.2) is 52.4 Å². The molecule has 0 saturated carbocycles. The normalized spacial score (nSPS) is 16.4. The van der Waals surface area contributed by atoms with Crippen LogP contribution in [0.1, 0.15) is 23.2 Å². The van der Waals surface area contributed by atoms with Crippen molar-refractivity contribution in [2.45, 2.75) is 30.6 Å². The third-order valence-electron chi connectivity index (χ3n) is 4.81. The van der Waals surface area contributed by atoms with Crippen LogP contribution >= 0.6 is 35.0 Å². The molecule has 0 bridgehead atoms. The summed E-state index contributed by atoms with van der Waals surface area (Å²) < 4.78 is 7.34. The van der Waals surface area contributed by atoms with Crippen LogP contribution in [-0.2, 0) is 11.3 Å². The van der Waals surface area contributed by atoms with Gasteiger partial charge in [0.2, 0.25) is 0 Å². The summed E-state index contributed by atoms with van der Waals surface area (Å²) in [6.45, 7) is 1.14. The van der Waals surface area contributed by atoms with Gasteiger partial charge >= 0.3 is 0 Å². The molecular weight excluding hydrogens is 431 g/mol. The second kappa shape index (κ2) is 8.88. The highest BCUT2D eigenvalue weighted by molar-refractivity contribution is 7.99. The summed E-state index contributed by atoms with van der Waals surface area (Å²) in [6, 6.07) is 12.0. The lowest BCUT2D eigenvalue weighted by atomic mass is 10.1. The fraction of sp³-hybridized carbons (Fsp3) is 0.286. The van der Waals surface area contributed by atoms with Crippen molar-refractivity contribution < 1.29 is 9.53 Å². The summed E-state index contributed by atoms with van der Waals surface area (Å²) in [6.07, 6.45) is 1.88. The summed E-state index contributed by atoms with van der Waals surface area (Å²) in [4.78, 5) is 30.3. The fourth-order valence-corrected chi connectivity index (χ4v) is 4.49. The van der Waals surface area contributed by atoms with E-state index in [4.69, 9.17) is 27.9 Å². The lowest BCUT2D eigenvalue weighted by molar-refractivity contribution is 0.0937. The van der Waals surface area contributed by atoms with E-state index in [1.165, 1.54) is 11.8 Å². The van der Waals surface area contributed by atoms with Crippen LogP contribution in [0.2, 0.25) is 10.0 Å². The summed E-state index contributed by atoms with van der Waals surface area (Å²) in [5, 5.41) is 1.81. The molecule has 1 atom stereocenters. The second-order valence-corrected chi connectivity index (χ2v) is 8.56. The minimum Gasteiger partial charge on any atom is -0.376 e. The molecule has 150 valence electrons. The number of hydrogen-bond acceptors (Lipinski definition) is 5. The summed E-state index contributed by atoms with van der Waals surface area (Å²) in [5.74, 6) is 0.0218. The number of fused-ring (bicyclic) bond motifs is 1. The van der Waals surface area contributed by atoms with E-state index in [2.05, 4.69) is 4.98 Å². The average Bonchev–Trinajstić information content (AvgIpc) is 3.24. The van der Waals surface area contributed by atoms with Gasteiger partial charge < -0.3 is 4.74 Å². The number of halogens is 2. The number of Topliss-reactive ketones (excluding diaryl/α,β-unsaturated/α-hetero) is 1. The molecule has 2 aromatic carbocycles. The Kier molecular flexibility index (Phi) is 6.25. The van der Waals surface area contributed by atoms with Crippen LogP contribution in [0.5, 0.6) is 0 Å². The van der Waals surface area contributed by atoms with Gasteiger partial charge in [-0.15, -0.1) is 0 Å². The van der Waals surface area contributed by atoms with E-state index in [0.717, 1.165) is 12.8 Å². The summed E-state index contributed by atoms with van der Waals surface area (Å²) in [7, 11) is 0. The van der Waals surface area contributed by atoms with Gasteiger partial charge in [0, 0.05) is 12.2 Å². The highest BCUT2D eigenvalue weighted by Crippen LogP contribution is 2.25. The quantitative estimate of drug-likeness (QED) is 0.306. The zero-order valence-electron chi connectivity index (χ0n) is 15.4. The molecule has 1 saturated heterocycles. The molecular formula is C21H18Cl2N2O3S. The van der Waals surface area contributed by atoms with Crippen LogP contribution in [0.4, 0.5) is 0 Å². The number of para-hydroxylation sites is 1. The fourth-order valence-electron chi connectivity index (χ4n) is 3.29. The number of nitrogens with zero attached hydrogens (tertiary/aromatic N) is 2. The van der Waals surface area contributed by atoms with E-state index in [0.29, 0.717) is 44.8 Å². The van der Waals surface area contributed by atoms with Crippen LogP contribution in [0, 0.1) is 0 Å². The number of benzene rings is 2. The molecule has 0 amide bonds. The number of ether oxygens (including phenoxy) is 1. The Morgan fingerprint density at radius 3 is 2.79 bits per heavy atom. The maximum absolute atomic E-state index is 13.1. The van der Waals surface area contributed by atoms with Crippen molar-refractivity contribution in [3.63, 3.8) is 0 Å². The minimum atomic E-state index is -0.115. The molecule has 1 aromatic heterocycles. The Hall–Kier alpha value is -1.86. The topological polar surface area (TPSA) is 61.2 Å². The van der Waals surface area contributed by atoms with Gasteiger partial charge in [-0.3, -0.25) is 14.2 Å². The third-order valence-corrected chi connectivity index (χ3v) is 6.53. The molecule has 5 nitrogen and oxygen atoms in total. The van der Waals surface area contributed by atoms with Gasteiger partial charge in [0.25, 0.3) is 5.56 Å². The van der Waals surface area contributed by atoms with Crippen LogP contribution < -0.4 is 5.56 Å². The van der Waals surface area contributed by atoms with Crippen molar-refractivity contribution in [1.29, 1.82) is 0 Å². The first-order chi connectivity index (χ1) is 14.0. The van der Waals surface area contributed by atoms with E-state index in [9.17, 15) is 9.59 Å². The lowest BCUT2D eigenvalue weighted by Gasteiger charge is -2.16. The van der Waals surface area contributed by atoms with Crippen LogP contribution in [0.25, 0.3) is 10.9 Å². The van der Waals surface area contributed by atoms with Gasteiger partial charge in [0.1, 0.15) is 0 Å². The number of carbonyl (C=O) groups excluding carboxylic acids is 1. The Bertz CT molecular complexity index is 1130. The SMILES string of the molecule is O=C(CSc1nc2ccccc2c(=O)n1CC1CCCO1)c1ccc(Cl)c(Cl)c1. The number of hydrogen-bond donors (Lipinski definition) is 0. The molecule has 0 radical (unpaired) electrons. The van der Waals surface area contributed by atoms with Crippen LogP contribution in [-0.4, -0.2) is 33.8 Å². The van der Waals surface area contributed by atoms with Crippen molar-refractivity contribution >= 4 is 51.6 Å². The van der Waals surface area contributed by atoms with Gasteiger partial charge in [-0.2, -0.15) is 0 Å². The van der Waals surface area contributed by atoms with E-state index in [-0.39, 0.29) is 23.2 Å². The minimum absolute atomic E-state index is 0.0132. The highest BCUT2D eigenvalue weighted by atomic mass is 35.5. The molecule has 4 rings (SSSR count). The maximum atomic E-state index is 13.1. The van der Waals surface area contributed by atoms with Crippen molar-refractivity contribution in [3.05, 3.63) is 68.4 Å². The summed E-state index contributed by atoms with van der Waals surface area (Å²) >= 11 is 13.2. The zero-order valence-corrected chi connectivity index (χ0v) is 17.8. The predicted molar refractivity (Wildman–Crippen MR) is 116 cm³/mol. The lowest BCUT2D eigenvalue weighted by Crippen LogP contribution is -2.29. The molecule has 1 fully saturated rings. The molecule has 0 N–H and O–H groups in total. The number of ketones is 1. The Morgan fingerprint density at radius 2 is 2.03 bits per heavy atom. The Labute approximate surface area is 182 Å². The largest absolute Gasteiger partial charge is 0.376 e. The molecule has 0 aliphatic carbocycles. The van der Waals surface area contributed by atoms with E-state index < -0.39 is 0 Å². The number of rotatable bonds is 6. The first-order valence-corrected chi connectivity index (χ1v) is 11.0. The van der Waals surface area contributed by atoms with E-state index in [1.807, 2.05) is 12.1 Å². The average molecular weight is 449 g/mol. The molecule has 2 heterocycles. The van der Waals surface area contributed by atoms with Gasteiger partial charge in [-0.1, -0.05) is 47.1 Å². The molecule has 1 aliphatic rings. The molecule has 3 aromatic rings. The third kappa shape index (κ3) is 4.51. The van der Waals surface area contributed by atoms with Crippen molar-refractivity contribution in [2.24, 2.45) is 0 Å². The van der Waals surface area contributed by atoms with Gasteiger partial charge in [0.05, 0.1) is 39.3 Å². The first-order valence-electron chi connectivity index (χ1n) is 9.25. The smallest absolute Gasteiger partial charge is 0.262 e. The molecule has 0 spiro atoms. The van der Waals surface area contributed by atoms with Crippen molar-refractivity contribution in [1.82, 2.24) is 9.55 Å². The van der Waals surface area contributed by atoms with Gasteiger partial charge in [-0.05, 0) is 43.2 Å². The number of aromatic nitrogens is 2. The maximum Gasteiger partial charge on any atom is 0.262 e. The molecule has 1 aliphatic heterocycles. The highest BCUT2D eigenvalue weighted by Gasteiger charge is 2.21. The molecule has 8 heteroatoms. The number of thioether (sulfide) groups is 1.